The highest BCUT2D eigenvalue weighted by Crippen LogP contribution is 2.31. The number of nitrogens with one attached hydrogen (secondary N) is 2. The zero-order valence-electron chi connectivity index (χ0n) is 9.36. The van der Waals surface area contributed by atoms with E-state index in [1.807, 2.05) is 13.8 Å². The molecule has 17 heavy (non-hydrogen) atoms. The van der Waals surface area contributed by atoms with Crippen LogP contribution in [0.5, 0.6) is 0 Å². The lowest BCUT2D eigenvalue weighted by Gasteiger charge is -2.22. The number of halogens is 1. The van der Waals surface area contributed by atoms with Crippen molar-refractivity contribution in [2.45, 2.75) is 24.8 Å². The van der Waals surface area contributed by atoms with Gasteiger partial charge in [0.1, 0.15) is 4.90 Å². The molecule has 0 aromatic heterocycles. The highest BCUT2D eigenvalue weighted by molar-refractivity contribution is 7.90. The van der Waals surface area contributed by atoms with E-state index in [0.29, 0.717) is 10.7 Å². The summed E-state index contributed by atoms with van der Waals surface area (Å²) >= 11 is 5.96. The van der Waals surface area contributed by atoms with Crippen molar-refractivity contribution in [3.8, 4) is 0 Å². The number of hydrogen-bond acceptors (Lipinski definition) is 3. The first-order valence-corrected chi connectivity index (χ1v) is 6.92. The Morgan fingerprint density at radius 1 is 1.35 bits per heavy atom. The second kappa shape index (κ2) is 4.19. The minimum Gasteiger partial charge on any atom is -0.323 e. The standard InChI is InChI=1S/C10H12ClN3O2S/c1-6(2)12-10-13-9-7(11)4-3-5-8(9)17(15,16)14-10/h3-6H,1-2H3,(H2,12,13,14). The molecule has 0 amide bonds. The number of anilines is 1. The summed E-state index contributed by atoms with van der Waals surface area (Å²) in [5.74, 6) is 0.195. The number of benzene rings is 1. The minimum atomic E-state index is -3.59. The van der Waals surface area contributed by atoms with Gasteiger partial charge in [0.05, 0.1) is 10.7 Å². The fourth-order valence-corrected chi connectivity index (χ4v) is 2.93. The molecule has 0 radical (unpaired) electrons. The zero-order valence-corrected chi connectivity index (χ0v) is 10.9. The van der Waals surface area contributed by atoms with Crippen LogP contribution in [0.2, 0.25) is 5.02 Å². The van der Waals surface area contributed by atoms with E-state index in [1.165, 1.54) is 6.07 Å². The van der Waals surface area contributed by atoms with E-state index in [9.17, 15) is 8.42 Å². The topological polar surface area (TPSA) is 70.6 Å². The second-order valence-corrected chi connectivity index (χ2v) is 5.97. The van der Waals surface area contributed by atoms with E-state index >= 15 is 0 Å². The summed E-state index contributed by atoms with van der Waals surface area (Å²) in [6.45, 7) is 3.70. The van der Waals surface area contributed by atoms with Gasteiger partial charge in [0.25, 0.3) is 10.0 Å². The summed E-state index contributed by atoms with van der Waals surface area (Å²) in [5.41, 5.74) is 0.368. The van der Waals surface area contributed by atoms with Crippen LogP contribution < -0.4 is 10.0 Å². The average molecular weight is 274 g/mol. The van der Waals surface area contributed by atoms with Crippen molar-refractivity contribution < 1.29 is 8.42 Å². The SMILES string of the molecule is CC(C)N=C1Nc2c(Cl)cccc2S(=O)(=O)N1. The number of sulfonamides is 1. The Morgan fingerprint density at radius 2 is 2.06 bits per heavy atom. The summed E-state index contributed by atoms with van der Waals surface area (Å²) in [4.78, 5) is 4.26. The van der Waals surface area contributed by atoms with Crippen LogP contribution in [0.25, 0.3) is 0 Å². The van der Waals surface area contributed by atoms with E-state index in [-0.39, 0.29) is 16.9 Å². The number of fused-ring (bicyclic) bond motifs is 1. The van der Waals surface area contributed by atoms with Crippen LogP contribution in [0.15, 0.2) is 28.1 Å². The Balaban J connectivity index is 2.57. The highest BCUT2D eigenvalue weighted by Gasteiger charge is 2.27. The number of nitrogens with zero attached hydrogens (tertiary/aromatic N) is 1. The summed E-state index contributed by atoms with van der Waals surface area (Å²) in [6, 6.07) is 4.68. The molecule has 1 aromatic rings. The molecule has 0 bridgehead atoms. The Kier molecular flexibility index (Phi) is 3.01. The van der Waals surface area contributed by atoms with Gasteiger partial charge in [-0.3, -0.25) is 0 Å². The average Bonchev–Trinajstić information content (AvgIpc) is 2.17. The van der Waals surface area contributed by atoms with Crippen molar-refractivity contribution in [2.24, 2.45) is 4.99 Å². The van der Waals surface area contributed by atoms with Crippen LogP contribution in [0, 0.1) is 0 Å². The fourth-order valence-electron chi connectivity index (χ4n) is 1.49. The highest BCUT2D eigenvalue weighted by atomic mass is 35.5. The van der Waals surface area contributed by atoms with E-state index in [4.69, 9.17) is 11.6 Å². The first-order valence-electron chi connectivity index (χ1n) is 5.06. The molecule has 2 rings (SSSR count). The van der Waals surface area contributed by atoms with Gasteiger partial charge in [0.2, 0.25) is 5.96 Å². The van der Waals surface area contributed by atoms with E-state index < -0.39 is 10.0 Å². The maximum absolute atomic E-state index is 11.9. The van der Waals surface area contributed by atoms with Gasteiger partial charge in [-0.15, -0.1) is 0 Å². The summed E-state index contributed by atoms with van der Waals surface area (Å²) in [6.07, 6.45) is 0. The monoisotopic (exact) mass is 273 g/mol. The molecule has 0 unspecified atom stereocenters. The predicted octanol–water partition coefficient (Wildman–Crippen LogP) is 1.81. The lowest BCUT2D eigenvalue weighted by Crippen LogP contribution is -2.41. The van der Waals surface area contributed by atoms with Crippen LogP contribution in [0.4, 0.5) is 5.69 Å². The van der Waals surface area contributed by atoms with Gasteiger partial charge in [0, 0.05) is 6.04 Å². The van der Waals surface area contributed by atoms with Crippen LogP contribution in [0.3, 0.4) is 0 Å². The number of para-hydroxylation sites is 1. The third-order valence-corrected chi connectivity index (χ3v) is 3.82. The molecule has 0 saturated carbocycles. The molecule has 2 N–H and O–H groups in total. The lowest BCUT2D eigenvalue weighted by atomic mass is 10.3. The molecule has 1 aliphatic heterocycles. The van der Waals surface area contributed by atoms with Gasteiger partial charge in [-0.2, -0.15) is 0 Å². The molecule has 0 spiro atoms. The molecule has 0 fully saturated rings. The van der Waals surface area contributed by atoms with Crippen LogP contribution >= 0.6 is 11.6 Å². The molecule has 1 aliphatic rings. The molecule has 1 heterocycles. The van der Waals surface area contributed by atoms with Crippen molar-refractivity contribution in [1.82, 2.24) is 4.72 Å². The Morgan fingerprint density at radius 3 is 2.71 bits per heavy atom. The van der Waals surface area contributed by atoms with Crippen molar-refractivity contribution in [3.05, 3.63) is 23.2 Å². The molecule has 1 aromatic carbocycles. The van der Waals surface area contributed by atoms with Crippen LogP contribution in [-0.2, 0) is 10.0 Å². The van der Waals surface area contributed by atoms with Crippen molar-refractivity contribution in [1.29, 1.82) is 0 Å². The van der Waals surface area contributed by atoms with Gasteiger partial charge < -0.3 is 5.32 Å². The number of guanidine groups is 1. The van der Waals surface area contributed by atoms with Crippen molar-refractivity contribution in [2.75, 3.05) is 5.32 Å². The zero-order chi connectivity index (χ0) is 12.6. The van der Waals surface area contributed by atoms with E-state index in [2.05, 4.69) is 15.0 Å². The third-order valence-electron chi connectivity index (χ3n) is 2.13. The molecule has 0 saturated heterocycles. The molecular formula is C10H12ClN3O2S. The number of aliphatic imine (C=N–C) groups is 1. The van der Waals surface area contributed by atoms with Crippen LogP contribution in [-0.4, -0.2) is 20.4 Å². The van der Waals surface area contributed by atoms with Gasteiger partial charge in [-0.1, -0.05) is 17.7 Å². The normalized spacial score (nSPS) is 19.6. The van der Waals surface area contributed by atoms with Gasteiger partial charge >= 0.3 is 0 Å². The third kappa shape index (κ3) is 2.37. The van der Waals surface area contributed by atoms with Gasteiger partial charge in [-0.25, -0.2) is 18.1 Å². The quantitative estimate of drug-likeness (QED) is 0.820. The fraction of sp³-hybridized carbons (Fsp3) is 0.300. The molecule has 7 heteroatoms. The maximum atomic E-state index is 11.9. The smallest absolute Gasteiger partial charge is 0.266 e. The number of hydrogen-bond donors (Lipinski definition) is 2. The van der Waals surface area contributed by atoms with Crippen molar-refractivity contribution in [3.63, 3.8) is 0 Å². The first kappa shape index (κ1) is 12.2. The largest absolute Gasteiger partial charge is 0.323 e. The second-order valence-electron chi connectivity index (χ2n) is 3.91. The minimum absolute atomic E-state index is 0.0239. The van der Waals surface area contributed by atoms with E-state index in [1.54, 1.807) is 12.1 Å². The summed E-state index contributed by atoms with van der Waals surface area (Å²) in [7, 11) is -3.59. The Bertz CT molecular complexity index is 581. The van der Waals surface area contributed by atoms with Gasteiger partial charge in [-0.05, 0) is 26.0 Å². The summed E-state index contributed by atoms with van der Waals surface area (Å²) in [5, 5.41) is 3.23. The van der Waals surface area contributed by atoms with Crippen LogP contribution in [0.1, 0.15) is 13.8 Å². The van der Waals surface area contributed by atoms with Gasteiger partial charge in [0.15, 0.2) is 0 Å². The molecule has 0 atom stereocenters. The molecule has 92 valence electrons. The Hall–Kier alpha value is -1.27. The molecule has 5 nitrogen and oxygen atoms in total. The predicted molar refractivity (Wildman–Crippen MR) is 68.0 cm³/mol. The lowest BCUT2D eigenvalue weighted by molar-refractivity contribution is 0.591. The maximum Gasteiger partial charge on any atom is 0.266 e. The van der Waals surface area contributed by atoms with E-state index in [0.717, 1.165) is 0 Å². The molecule has 0 aliphatic carbocycles. The molecular weight excluding hydrogens is 262 g/mol. The van der Waals surface area contributed by atoms with Crippen molar-refractivity contribution >= 4 is 33.3 Å². The first-order chi connectivity index (χ1) is 7.90. The number of rotatable bonds is 1. The Labute approximate surface area is 105 Å². The summed E-state index contributed by atoms with van der Waals surface area (Å²) < 4.78 is 26.2.